The van der Waals surface area contributed by atoms with Crippen LogP contribution in [0.25, 0.3) is 11.2 Å². The molecule has 0 saturated heterocycles. The summed E-state index contributed by atoms with van der Waals surface area (Å²) in [5, 5.41) is 27.4. The minimum Gasteiger partial charge on any atom is -0.497 e. The molecule has 5 rings (SSSR count). The highest BCUT2D eigenvalue weighted by atomic mass is 16.5. The Morgan fingerprint density at radius 3 is 2.74 bits per heavy atom. The van der Waals surface area contributed by atoms with E-state index in [0.717, 1.165) is 12.0 Å². The standard InChI is InChI=1S/C24H26N6O4/c1-25-22-18-23(29-16(28-22)8-7-12-5-4-6-13(9-12)34-3)30(11-27-18)19-15-10-14(15)17(24(33)26-2)20(31)21(19)32/h4-6,9,11,14-15,17,19-21,31-32H,10H2,1-3H3,(H,26,33)(H,25,28,29)/t14-,15?,17-,19-,20-,21+/m1/s1. The van der Waals surface area contributed by atoms with E-state index in [2.05, 4.69) is 37.4 Å². The highest BCUT2D eigenvalue weighted by Crippen LogP contribution is 2.58. The number of carbonyl (C=O) groups excluding carboxylic acids is 1. The van der Waals surface area contributed by atoms with Crippen LogP contribution in [0.4, 0.5) is 5.82 Å². The van der Waals surface area contributed by atoms with E-state index in [9.17, 15) is 15.0 Å². The maximum absolute atomic E-state index is 12.3. The van der Waals surface area contributed by atoms with Crippen molar-refractivity contribution in [3.63, 3.8) is 0 Å². The molecule has 2 fully saturated rings. The number of aliphatic hydroxyl groups excluding tert-OH is 2. The molecule has 10 nitrogen and oxygen atoms in total. The quantitative estimate of drug-likeness (QED) is 0.413. The number of aliphatic hydroxyl groups is 2. The van der Waals surface area contributed by atoms with Gasteiger partial charge in [0.05, 0.1) is 31.5 Å². The molecular formula is C24H26N6O4. The second kappa shape index (κ2) is 8.59. The summed E-state index contributed by atoms with van der Waals surface area (Å²) < 4.78 is 7.03. The first-order valence-electron chi connectivity index (χ1n) is 11.1. The van der Waals surface area contributed by atoms with E-state index in [4.69, 9.17) is 4.74 Å². The molecule has 2 aliphatic rings. The van der Waals surface area contributed by atoms with E-state index in [-0.39, 0.29) is 17.7 Å². The van der Waals surface area contributed by atoms with Crippen LogP contribution in [0.1, 0.15) is 23.9 Å². The third-order valence-electron chi connectivity index (χ3n) is 6.78. The summed E-state index contributed by atoms with van der Waals surface area (Å²) in [5.41, 5.74) is 1.81. The first-order chi connectivity index (χ1) is 16.5. The first kappa shape index (κ1) is 22.1. The topological polar surface area (TPSA) is 134 Å². The largest absolute Gasteiger partial charge is 0.497 e. The molecule has 0 spiro atoms. The van der Waals surface area contributed by atoms with Crippen LogP contribution in [0.3, 0.4) is 0 Å². The molecule has 4 N–H and O–H groups in total. The lowest BCUT2D eigenvalue weighted by atomic mass is 9.80. The van der Waals surface area contributed by atoms with E-state index < -0.39 is 24.2 Å². The predicted octanol–water partition coefficient (Wildman–Crippen LogP) is 0.551. The maximum Gasteiger partial charge on any atom is 0.225 e. The van der Waals surface area contributed by atoms with E-state index in [0.29, 0.717) is 28.6 Å². The van der Waals surface area contributed by atoms with Crippen LogP contribution in [-0.4, -0.2) is 69.1 Å². The molecule has 1 unspecified atom stereocenters. The van der Waals surface area contributed by atoms with Crippen LogP contribution in [0.15, 0.2) is 30.6 Å². The summed E-state index contributed by atoms with van der Waals surface area (Å²) in [6.45, 7) is 0. The Hall–Kier alpha value is -3.68. The number of hydrogen-bond acceptors (Lipinski definition) is 8. The Morgan fingerprint density at radius 2 is 2.00 bits per heavy atom. The third kappa shape index (κ3) is 3.63. The van der Waals surface area contributed by atoms with E-state index in [1.807, 2.05) is 24.3 Å². The molecule has 1 aromatic carbocycles. The summed E-state index contributed by atoms with van der Waals surface area (Å²) >= 11 is 0. The molecule has 2 aliphatic carbocycles. The van der Waals surface area contributed by atoms with Gasteiger partial charge in [-0.1, -0.05) is 12.0 Å². The summed E-state index contributed by atoms with van der Waals surface area (Å²) in [5.74, 6) is 6.73. The fourth-order valence-electron chi connectivity index (χ4n) is 5.04. The van der Waals surface area contributed by atoms with Crippen molar-refractivity contribution in [2.24, 2.45) is 17.8 Å². The van der Waals surface area contributed by atoms with Crippen LogP contribution in [-0.2, 0) is 4.79 Å². The van der Waals surface area contributed by atoms with Crippen LogP contribution in [0, 0.1) is 29.6 Å². The second-order valence-electron chi connectivity index (χ2n) is 8.63. The van der Waals surface area contributed by atoms with Crippen molar-refractivity contribution in [1.29, 1.82) is 0 Å². The molecule has 10 heteroatoms. The van der Waals surface area contributed by atoms with Gasteiger partial charge in [0.1, 0.15) is 11.9 Å². The zero-order valence-electron chi connectivity index (χ0n) is 19.1. The van der Waals surface area contributed by atoms with E-state index in [1.54, 1.807) is 32.1 Å². The molecule has 176 valence electrons. The van der Waals surface area contributed by atoms with Gasteiger partial charge >= 0.3 is 0 Å². The maximum atomic E-state index is 12.3. The van der Waals surface area contributed by atoms with Gasteiger partial charge in [-0.3, -0.25) is 4.79 Å². The Labute approximate surface area is 196 Å². The lowest BCUT2D eigenvalue weighted by molar-refractivity contribution is -0.139. The second-order valence-corrected chi connectivity index (χ2v) is 8.63. The fourth-order valence-corrected chi connectivity index (χ4v) is 5.04. The van der Waals surface area contributed by atoms with E-state index in [1.165, 1.54) is 0 Å². The minimum atomic E-state index is -1.18. The van der Waals surface area contributed by atoms with Crippen molar-refractivity contribution >= 4 is 22.9 Å². The molecule has 3 aromatic rings. The number of rotatable bonds is 4. The molecule has 0 radical (unpaired) electrons. The number of aromatic nitrogens is 4. The Morgan fingerprint density at radius 1 is 1.18 bits per heavy atom. The number of methoxy groups -OCH3 is 1. The molecule has 0 bridgehead atoms. The van der Waals surface area contributed by atoms with Gasteiger partial charge in [0.25, 0.3) is 0 Å². The van der Waals surface area contributed by atoms with Crippen LogP contribution < -0.4 is 15.4 Å². The Balaban J connectivity index is 1.53. The summed E-state index contributed by atoms with van der Waals surface area (Å²) in [7, 11) is 4.88. The smallest absolute Gasteiger partial charge is 0.225 e. The lowest BCUT2D eigenvalue weighted by Gasteiger charge is -2.36. The van der Waals surface area contributed by atoms with Crippen molar-refractivity contribution in [3.05, 3.63) is 42.0 Å². The van der Waals surface area contributed by atoms with Crippen molar-refractivity contribution in [2.45, 2.75) is 24.7 Å². The number of hydrogen-bond donors (Lipinski definition) is 4. The number of nitrogens with zero attached hydrogens (tertiary/aromatic N) is 4. The number of benzene rings is 1. The summed E-state index contributed by atoms with van der Waals surface area (Å²) in [6, 6.07) is 6.94. The molecule has 34 heavy (non-hydrogen) atoms. The van der Waals surface area contributed by atoms with Gasteiger partial charge in [-0.05, 0) is 42.4 Å². The first-order valence-corrected chi connectivity index (χ1v) is 11.1. The Bertz CT molecular complexity index is 1310. The fraction of sp³-hybridized carbons (Fsp3) is 0.417. The van der Waals surface area contributed by atoms with Crippen LogP contribution in [0.5, 0.6) is 5.75 Å². The van der Waals surface area contributed by atoms with Gasteiger partial charge in [0.2, 0.25) is 11.7 Å². The SMILES string of the molecule is CNC(=O)[C@H]1[C@@H](O)[C@@H](O)[C@H](n2cnc3c(NC)nc(C#Cc4cccc(OC)c4)nc32)C2C[C@H]21. The third-order valence-corrected chi connectivity index (χ3v) is 6.78. The number of carbonyl (C=O) groups is 1. The van der Waals surface area contributed by atoms with Crippen molar-refractivity contribution in [3.8, 4) is 17.6 Å². The van der Waals surface area contributed by atoms with E-state index >= 15 is 0 Å². The highest BCUT2D eigenvalue weighted by Gasteiger charge is 2.61. The molecule has 6 atom stereocenters. The average molecular weight is 463 g/mol. The van der Waals surface area contributed by atoms with Crippen molar-refractivity contribution in [2.75, 3.05) is 26.5 Å². The lowest BCUT2D eigenvalue weighted by Crippen LogP contribution is -2.50. The highest BCUT2D eigenvalue weighted by molar-refractivity contribution is 5.84. The average Bonchev–Trinajstić information content (AvgIpc) is 3.52. The van der Waals surface area contributed by atoms with Crippen molar-refractivity contribution in [1.82, 2.24) is 24.8 Å². The Kier molecular flexibility index (Phi) is 5.59. The van der Waals surface area contributed by atoms with Crippen LogP contribution >= 0.6 is 0 Å². The normalized spacial score (nSPS) is 27.3. The molecule has 2 heterocycles. The summed E-state index contributed by atoms with van der Waals surface area (Å²) in [4.78, 5) is 25.8. The molecule has 2 aromatic heterocycles. The van der Waals surface area contributed by atoms with Gasteiger partial charge in [-0.25, -0.2) is 15.0 Å². The molecular weight excluding hydrogens is 436 g/mol. The van der Waals surface area contributed by atoms with Gasteiger partial charge in [-0.2, -0.15) is 0 Å². The number of anilines is 1. The van der Waals surface area contributed by atoms with Gasteiger partial charge in [0, 0.05) is 19.7 Å². The number of nitrogens with one attached hydrogen (secondary N) is 2. The van der Waals surface area contributed by atoms with Crippen molar-refractivity contribution < 1.29 is 19.7 Å². The zero-order valence-corrected chi connectivity index (χ0v) is 19.1. The molecule has 0 aliphatic heterocycles. The van der Waals surface area contributed by atoms with Gasteiger partial charge in [-0.15, -0.1) is 0 Å². The molecule has 2 saturated carbocycles. The molecule has 1 amide bonds. The number of ether oxygens (including phenoxy) is 1. The van der Waals surface area contributed by atoms with Crippen LogP contribution in [0.2, 0.25) is 0 Å². The number of imidazole rings is 1. The summed E-state index contributed by atoms with van der Waals surface area (Å²) in [6.07, 6.45) is 0.0328. The minimum absolute atomic E-state index is 0.00118. The number of fused-ring (bicyclic) bond motifs is 2. The predicted molar refractivity (Wildman–Crippen MR) is 124 cm³/mol. The number of amides is 1. The zero-order chi connectivity index (χ0) is 24.0. The van der Waals surface area contributed by atoms with Gasteiger partial charge < -0.3 is 30.2 Å². The van der Waals surface area contributed by atoms with Gasteiger partial charge in [0.15, 0.2) is 17.0 Å². The monoisotopic (exact) mass is 462 g/mol.